The van der Waals surface area contributed by atoms with Crippen LogP contribution in [0.2, 0.25) is 0 Å². The first-order valence-electron chi connectivity index (χ1n) is 8.63. The normalized spacial score (nSPS) is 11.1. The predicted octanol–water partition coefficient (Wildman–Crippen LogP) is 7.05. The quantitative estimate of drug-likeness (QED) is 0.352. The fourth-order valence-corrected chi connectivity index (χ4v) is 3.39. The summed E-state index contributed by atoms with van der Waals surface area (Å²) in [6.45, 7) is 0. The van der Waals surface area contributed by atoms with Crippen molar-refractivity contribution in [2.24, 2.45) is 0 Å². The summed E-state index contributed by atoms with van der Waals surface area (Å²) < 4.78 is 12.3. The molecule has 4 aromatic carbocycles. The molecule has 0 radical (unpaired) electrons. The molecule has 0 saturated heterocycles. The fraction of sp³-hybridized carbons (Fsp3) is 0. The summed E-state index contributed by atoms with van der Waals surface area (Å²) >= 11 is 0. The molecule has 5 aromatic rings. The molecule has 0 fully saturated rings. The maximum Gasteiger partial charge on any atom is 0.136 e. The first-order valence-corrected chi connectivity index (χ1v) is 8.63. The Hall–Kier alpha value is -3.52. The molecule has 0 aliphatic rings. The predicted molar refractivity (Wildman–Crippen MR) is 106 cm³/mol. The molecule has 0 saturated carbocycles. The van der Waals surface area contributed by atoms with Gasteiger partial charge >= 0.3 is 0 Å². The van der Waals surface area contributed by atoms with E-state index in [1.165, 1.54) is 0 Å². The van der Waals surface area contributed by atoms with E-state index in [1.54, 1.807) is 0 Å². The van der Waals surface area contributed by atoms with Crippen molar-refractivity contribution >= 4 is 21.9 Å². The first kappa shape index (κ1) is 14.8. The average Bonchev–Trinajstić information content (AvgIpc) is 3.08. The summed E-state index contributed by atoms with van der Waals surface area (Å²) in [5.41, 5.74) is 3.91. The van der Waals surface area contributed by atoms with Crippen molar-refractivity contribution in [3.8, 4) is 22.6 Å². The Kier molecular flexibility index (Phi) is 3.46. The molecule has 0 unspecified atom stereocenters. The van der Waals surface area contributed by atoms with Crippen molar-refractivity contribution < 1.29 is 9.15 Å². The van der Waals surface area contributed by atoms with Gasteiger partial charge in [0.05, 0.1) is 0 Å². The van der Waals surface area contributed by atoms with Crippen molar-refractivity contribution in [3.63, 3.8) is 0 Å². The first-order chi connectivity index (χ1) is 12.9. The van der Waals surface area contributed by atoms with Crippen molar-refractivity contribution in [2.75, 3.05) is 0 Å². The third-order valence-corrected chi connectivity index (χ3v) is 4.54. The molecule has 5 rings (SSSR count). The van der Waals surface area contributed by atoms with Crippen molar-refractivity contribution in [3.05, 3.63) is 97.1 Å². The van der Waals surface area contributed by atoms with Crippen LogP contribution >= 0.6 is 0 Å². The highest BCUT2D eigenvalue weighted by Crippen LogP contribution is 2.43. The largest absolute Gasteiger partial charge is 0.457 e. The standard InChI is InChI=1S/C24H16O2/c1-3-9-17(10-4-1)23-21(25-18-11-5-2-6-12-18)15-16-22-24(23)19-13-7-8-14-20(19)26-22/h1-16H. The van der Waals surface area contributed by atoms with Crippen LogP contribution in [0, 0.1) is 0 Å². The SMILES string of the molecule is c1ccc(Oc2ccc3oc4ccccc4c3c2-c2ccccc2)cc1. The zero-order valence-corrected chi connectivity index (χ0v) is 14.1. The minimum Gasteiger partial charge on any atom is -0.457 e. The van der Waals surface area contributed by atoms with Gasteiger partial charge in [-0.25, -0.2) is 0 Å². The van der Waals surface area contributed by atoms with E-state index in [9.17, 15) is 0 Å². The molecule has 0 N–H and O–H groups in total. The molecule has 26 heavy (non-hydrogen) atoms. The molecule has 124 valence electrons. The highest BCUT2D eigenvalue weighted by Gasteiger charge is 2.17. The molecule has 0 atom stereocenters. The second-order valence-electron chi connectivity index (χ2n) is 6.19. The summed E-state index contributed by atoms with van der Waals surface area (Å²) in [4.78, 5) is 0. The Morgan fingerprint density at radius 2 is 1.27 bits per heavy atom. The van der Waals surface area contributed by atoms with Gasteiger partial charge in [0, 0.05) is 16.3 Å². The van der Waals surface area contributed by atoms with E-state index in [0.717, 1.165) is 44.6 Å². The number of hydrogen-bond acceptors (Lipinski definition) is 2. The van der Waals surface area contributed by atoms with Gasteiger partial charge in [-0.15, -0.1) is 0 Å². The van der Waals surface area contributed by atoms with Gasteiger partial charge in [-0.05, 0) is 35.9 Å². The van der Waals surface area contributed by atoms with Crippen LogP contribution in [-0.4, -0.2) is 0 Å². The smallest absolute Gasteiger partial charge is 0.136 e. The fourth-order valence-electron chi connectivity index (χ4n) is 3.39. The lowest BCUT2D eigenvalue weighted by Gasteiger charge is -2.13. The topological polar surface area (TPSA) is 22.4 Å². The van der Waals surface area contributed by atoms with Crippen LogP contribution in [0.5, 0.6) is 11.5 Å². The summed E-state index contributed by atoms with van der Waals surface area (Å²) in [7, 11) is 0. The lowest BCUT2D eigenvalue weighted by molar-refractivity contribution is 0.485. The Morgan fingerprint density at radius 1 is 0.577 bits per heavy atom. The van der Waals surface area contributed by atoms with Crippen LogP contribution < -0.4 is 4.74 Å². The molecule has 0 bridgehead atoms. The number of benzene rings is 4. The van der Waals surface area contributed by atoms with E-state index in [4.69, 9.17) is 9.15 Å². The van der Waals surface area contributed by atoms with E-state index >= 15 is 0 Å². The summed E-state index contributed by atoms with van der Waals surface area (Å²) in [6.07, 6.45) is 0. The van der Waals surface area contributed by atoms with Gasteiger partial charge in [0.1, 0.15) is 22.7 Å². The van der Waals surface area contributed by atoms with E-state index in [0.29, 0.717) is 0 Å². The molecule has 1 heterocycles. The van der Waals surface area contributed by atoms with Gasteiger partial charge in [-0.3, -0.25) is 0 Å². The third kappa shape index (κ3) is 2.44. The molecular formula is C24H16O2. The van der Waals surface area contributed by atoms with Crippen molar-refractivity contribution in [1.29, 1.82) is 0 Å². The Labute approximate surface area is 151 Å². The Balaban J connectivity index is 1.83. The molecule has 2 nitrogen and oxygen atoms in total. The zero-order chi connectivity index (χ0) is 17.3. The second kappa shape index (κ2) is 6.08. The van der Waals surface area contributed by atoms with Crippen LogP contribution in [0.25, 0.3) is 33.1 Å². The Morgan fingerprint density at radius 3 is 2.08 bits per heavy atom. The van der Waals surface area contributed by atoms with Crippen molar-refractivity contribution in [2.45, 2.75) is 0 Å². The number of fused-ring (bicyclic) bond motifs is 3. The van der Waals surface area contributed by atoms with Crippen LogP contribution in [0.4, 0.5) is 0 Å². The maximum absolute atomic E-state index is 6.25. The average molecular weight is 336 g/mol. The minimum absolute atomic E-state index is 0.817. The van der Waals surface area contributed by atoms with Crippen LogP contribution in [0.15, 0.2) is 101 Å². The number of para-hydroxylation sites is 2. The van der Waals surface area contributed by atoms with Crippen LogP contribution in [0.3, 0.4) is 0 Å². The lowest BCUT2D eigenvalue weighted by Crippen LogP contribution is -1.89. The van der Waals surface area contributed by atoms with Gasteiger partial charge in [0.2, 0.25) is 0 Å². The molecule has 1 aromatic heterocycles. The molecule has 2 heteroatoms. The van der Waals surface area contributed by atoms with Crippen molar-refractivity contribution in [1.82, 2.24) is 0 Å². The summed E-state index contributed by atoms with van der Waals surface area (Å²) in [6, 6.07) is 32.3. The van der Waals surface area contributed by atoms with E-state index in [-0.39, 0.29) is 0 Å². The highest BCUT2D eigenvalue weighted by atomic mass is 16.5. The summed E-state index contributed by atoms with van der Waals surface area (Å²) in [5.74, 6) is 1.64. The van der Waals surface area contributed by atoms with Crippen LogP contribution in [0.1, 0.15) is 0 Å². The second-order valence-corrected chi connectivity index (χ2v) is 6.19. The molecule has 0 amide bonds. The van der Waals surface area contributed by atoms with Gasteiger partial charge in [0.25, 0.3) is 0 Å². The Bertz CT molecular complexity index is 1190. The zero-order valence-electron chi connectivity index (χ0n) is 14.1. The third-order valence-electron chi connectivity index (χ3n) is 4.54. The number of hydrogen-bond donors (Lipinski definition) is 0. The monoisotopic (exact) mass is 336 g/mol. The number of ether oxygens (including phenoxy) is 1. The van der Waals surface area contributed by atoms with E-state index < -0.39 is 0 Å². The number of rotatable bonds is 3. The minimum atomic E-state index is 0.817. The van der Waals surface area contributed by atoms with Gasteiger partial charge < -0.3 is 9.15 Å². The van der Waals surface area contributed by atoms with Gasteiger partial charge in [-0.1, -0.05) is 66.7 Å². The number of furan rings is 1. The molecule has 0 aliphatic heterocycles. The van der Waals surface area contributed by atoms with Gasteiger partial charge in [0.15, 0.2) is 0 Å². The molecule has 0 aliphatic carbocycles. The highest BCUT2D eigenvalue weighted by molar-refractivity contribution is 6.13. The van der Waals surface area contributed by atoms with E-state index in [1.807, 2.05) is 78.9 Å². The maximum atomic E-state index is 6.25. The van der Waals surface area contributed by atoms with Gasteiger partial charge in [-0.2, -0.15) is 0 Å². The molecule has 0 spiro atoms. The summed E-state index contributed by atoms with van der Waals surface area (Å²) in [5, 5.41) is 2.18. The molecular weight excluding hydrogens is 320 g/mol. The lowest BCUT2D eigenvalue weighted by atomic mass is 9.98. The van der Waals surface area contributed by atoms with E-state index in [2.05, 4.69) is 18.2 Å². The van der Waals surface area contributed by atoms with Crippen LogP contribution in [-0.2, 0) is 0 Å².